The van der Waals surface area contributed by atoms with E-state index in [4.69, 9.17) is 11.5 Å². The molecule has 2 aromatic rings. The van der Waals surface area contributed by atoms with Crippen LogP contribution in [0, 0.1) is 0 Å². The number of hydrogen-bond acceptors (Lipinski definition) is 7. The maximum atomic E-state index is 11.6. The summed E-state index contributed by atoms with van der Waals surface area (Å²) in [5.41, 5.74) is 11.3. The Kier molecular flexibility index (Phi) is 5.21. The lowest BCUT2D eigenvalue weighted by Crippen LogP contribution is -2.48. The number of carbonyl (C=O) groups is 3. The second-order valence-corrected chi connectivity index (χ2v) is 7.02. The predicted molar refractivity (Wildman–Crippen MR) is 102 cm³/mol. The summed E-state index contributed by atoms with van der Waals surface area (Å²) in [7, 11) is 0. The van der Waals surface area contributed by atoms with Gasteiger partial charge in [-0.3, -0.25) is 14.9 Å². The summed E-state index contributed by atoms with van der Waals surface area (Å²) < 4.78 is 0. The highest BCUT2D eigenvalue weighted by atomic mass is 32.1. The fraction of sp³-hybridized carbons (Fsp3) is 0.312. The summed E-state index contributed by atoms with van der Waals surface area (Å²) in [5.74, 6) is -0.0273. The molecule has 1 saturated heterocycles. The van der Waals surface area contributed by atoms with Gasteiger partial charge >= 0.3 is 6.03 Å². The normalized spacial score (nSPS) is 14.1. The quantitative estimate of drug-likeness (QED) is 0.692. The molecule has 0 aliphatic carbocycles. The van der Waals surface area contributed by atoms with Crippen LogP contribution in [0.15, 0.2) is 18.5 Å². The van der Waals surface area contributed by atoms with Crippen LogP contribution in [0.1, 0.15) is 17.3 Å². The van der Waals surface area contributed by atoms with E-state index in [1.165, 1.54) is 0 Å². The minimum Gasteiger partial charge on any atom is -0.366 e. The zero-order chi connectivity index (χ0) is 19.6. The number of thiophene rings is 1. The molecule has 0 atom stereocenters. The number of aromatic nitrogens is 2. The van der Waals surface area contributed by atoms with Crippen molar-refractivity contribution >= 4 is 40.1 Å². The Labute approximate surface area is 159 Å². The van der Waals surface area contributed by atoms with Crippen LogP contribution in [-0.2, 0) is 4.79 Å². The minimum absolute atomic E-state index is 0.0641. The maximum Gasteiger partial charge on any atom is 0.317 e. The van der Waals surface area contributed by atoms with Crippen LogP contribution in [0.4, 0.5) is 15.7 Å². The van der Waals surface area contributed by atoms with Crippen LogP contribution in [0.5, 0.6) is 0 Å². The zero-order valence-corrected chi connectivity index (χ0v) is 15.5. The molecule has 3 heterocycles. The zero-order valence-electron chi connectivity index (χ0n) is 14.6. The summed E-state index contributed by atoms with van der Waals surface area (Å²) >= 11 is 1.16. The number of nitrogens with two attached hydrogens (primary N) is 2. The Bertz CT molecular complexity index is 873. The number of urea groups is 1. The van der Waals surface area contributed by atoms with E-state index in [0.29, 0.717) is 42.6 Å². The van der Waals surface area contributed by atoms with E-state index in [9.17, 15) is 14.4 Å². The van der Waals surface area contributed by atoms with Crippen molar-refractivity contribution in [3.8, 4) is 10.4 Å². The van der Waals surface area contributed by atoms with E-state index >= 15 is 0 Å². The van der Waals surface area contributed by atoms with Crippen LogP contribution >= 0.6 is 11.3 Å². The first-order valence-corrected chi connectivity index (χ1v) is 8.99. The van der Waals surface area contributed by atoms with Crippen molar-refractivity contribution in [3.63, 3.8) is 0 Å². The monoisotopic (exact) mass is 389 g/mol. The Morgan fingerprint density at radius 2 is 1.74 bits per heavy atom. The molecule has 0 spiro atoms. The first kappa shape index (κ1) is 18.6. The van der Waals surface area contributed by atoms with Gasteiger partial charge in [-0.05, 0) is 6.07 Å². The molecule has 142 valence electrons. The predicted octanol–water partition coefficient (Wildman–Crippen LogP) is 0.463. The molecule has 0 saturated carbocycles. The first-order chi connectivity index (χ1) is 12.8. The summed E-state index contributed by atoms with van der Waals surface area (Å²) in [6, 6.07) is 0.796. The Balaban J connectivity index is 1.77. The molecule has 11 heteroatoms. The second-order valence-electron chi connectivity index (χ2n) is 5.97. The smallest absolute Gasteiger partial charge is 0.317 e. The topological polar surface area (TPSA) is 148 Å². The highest BCUT2D eigenvalue weighted by Crippen LogP contribution is 2.35. The van der Waals surface area contributed by atoms with E-state index in [1.54, 1.807) is 30.3 Å². The fourth-order valence-corrected chi connectivity index (χ4v) is 3.80. The van der Waals surface area contributed by atoms with Crippen LogP contribution in [0.25, 0.3) is 10.4 Å². The maximum absolute atomic E-state index is 11.6. The average Bonchev–Trinajstić information content (AvgIpc) is 3.05. The van der Waals surface area contributed by atoms with Crippen LogP contribution in [0.2, 0.25) is 0 Å². The number of anilines is 2. The lowest BCUT2D eigenvalue weighted by atomic mass is 10.2. The fourth-order valence-electron chi connectivity index (χ4n) is 2.75. The molecule has 10 nitrogen and oxygen atoms in total. The molecular weight excluding hydrogens is 370 g/mol. The number of rotatable bonds is 4. The molecule has 4 amide bonds. The summed E-state index contributed by atoms with van der Waals surface area (Å²) in [4.78, 5) is 47.3. The molecular formula is C16H19N7O3S. The Morgan fingerprint density at radius 1 is 1.11 bits per heavy atom. The molecule has 3 rings (SSSR count). The summed E-state index contributed by atoms with van der Waals surface area (Å²) in [5, 5.41) is 2.68. The molecule has 0 unspecified atom stereocenters. The number of nitrogens with one attached hydrogen (secondary N) is 1. The van der Waals surface area contributed by atoms with Crippen molar-refractivity contribution in [1.82, 2.24) is 14.9 Å². The second kappa shape index (κ2) is 7.58. The van der Waals surface area contributed by atoms with Crippen molar-refractivity contribution in [2.75, 3.05) is 36.4 Å². The van der Waals surface area contributed by atoms with Crippen LogP contribution in [-0.4, -0.2) is 58.9 Å². The number of hydrogen-bond donors (Lipinski definition) is 3. The van der Waals surface area contributed by atoms with Gasteiger partial charge < -0.3 is 21.3 Å². The van der Waals surface area contributed by atoms with Crippen molar-refractivity contribution in [2.24, 2.45) is 11.5 Å². The standard InChI is InChI=1S/C16H19N7O3S/c1-9(24)22-2-4-23(5-3-22)16-19-7-10(8-20-16)12-6-11(13(17)25)14(27-12)21-15(18)26/h6-8H,2-5H2,1H3,(H2,17,25)(H3,18,21,26). The SMILES string of the molecule is CC(=O)N1CCN(c2ncc(-c3cc(C(N)=O)c(NC(N)=O)s3)cn2)CC1. The third kappa shape index (κ3) is 4.14. The lowest BCUT2D eigenvalue weighted by molar-refractivity contribution is -0.129. The van der Waals surface area contributed by atoms with Gasteiger partial charge in [0.2, 0.25) is 11.9 Å². The van der Waals surface area contributed by atoms with Crippen molar-refractivity contribution in [2.45, 2.75) is 6.92 Å². The molecule has 27 heavy (non-hydrogen) atoms. The lowest BCUT2D eigenvalue weighted by Gasteiger charge is -2.34. The van der Waals surface area contributed by atoms with Gasteiger partial charge in [-0.15, -0.1) is 11.3 Å². The van der Waals surface area contributed by atoms with E-state index < -0.39 is 11.9 Å². The van der Waals surface area contributed by atoms with Gasteiger partial charge in [-0.2, -0.15) is 0 Å². The van der Waals surface area contributed by atoms with Crippen LogP contribution in [0.3, 0.4) is 0 Å². The van der Waals surface area contributed by atoms with Gasteiger partial charge in [-0.25, -0.2) is 14.8 Å². The van der Waals surface area contributed by atoms with Crippen LogP contribution < -0.4 is 21.7 Å². The van der Waals surface area contributed by atoms with E-state index in [0.717, 1.165) is 11.3 Å². The van der Waals surface area contributed by atoms with E-state index in [-0.39, 0.29) is 16.5 Å². The molecule has 0 aromatic carbocycles. The molecule has 1 aliphatic heterocycles. The first-order valence-electron chi connectivity index (χ1n) is 8.18. The minimum atomic E-state index is -0.776. The number of carbonyl (C=O) groups excluding carboxylic acids is 3. The summed E-state index contributed by atoms with van der Waals surface area (Å²) in [6.45, 7) is 4.15. The molecule has 2 aromatic heterocycles. The number of piperazine rings is 1. The molecule has 5 N–H and O–H groups in total. The van der Waals surface area contributed by atoms with E-state index in [2.05, 4.69) is 15.3 Å². The number of amides is 4. The number of primary amides is 2. The van der Waals surface area contributed by atoms with E-state index in [1.807, 2.05) is 4.90 Å². The van der Waals surface area contributed by atoms with Gasteiger partial charge in [0, 0.05) is 55.9 Å². The Hall–Kier alpha value is -3.21. The van der Waals surface area contributed by atoms with Crippen molar-refractivity contribution in [1.29, 1.82) is 0 Å². The van der Waals surface area contributed by atoms with Gasteiger partial charge in [0.1, 0.15) is 5.00 Å². The summed E-state index contributed by atoms with van der Waals surface area (Å²) in [6.07, 6.45) is 3.29. The average molecular weight is 389 g/mol. The molecule has 1 aliphatic rings. The molecule has 0 bridgehead atoms. The highest BCUT2D eigenvalue weighted by molar-refractivity contribution is 7.20. The highest BCUT2D eigenvalue weighted by Gasteiger charge is 2.21. The van der Waals surface area contributed by atoms with Crippen molar-refractivity contribution in [3.05, 3.63) is 24.0 Å². The third-order valence-corrected chi connectivity index (χ3v) is 5.26. The molecule has 0 radical (unpaired) electrons. The molecule has 1 fully saturated rings. The number of nitrogens with zero attached hydrogens (tertiary/aromatic N) is 4. The van der Waals surface area contributed by atoms with Gasteiger partial charge in [0.05, 0.1) is 5.56 Å². The van der Waals surface area contributed by atoms with Gasteiger partial charge in [0.15, 0.2) is 0 Å². The third-order valence-electron chi connectivity index (χ3n) is 4.16. The Morgan fingerprint density at radius 3 is 2.26 bits per heavy atom. The largest absolute Gasteiger partial charge is 0.366 e. The van der Waals surface area contributed by atoms with Gasteiger partial charge in [-0.1, -0.05) is 0 Å². The van der Waals surface area contributed by atoms with Crippen molar-refractivity contribution < 1.29 is 14.4 Å². The van der Waals surface area contributed by atoms with Gasteiger partial charge in [0.25, 0.3) is 5.91 Å².